The van der Waals surface area contributed by atoms with Gasteiger partial charge in [0.15, 0.2) is 0 Å². The van der Waals surface area contributed by atoms with Crippen LogP contribution in [0.2, 0.25) is 0 Å². The molecule has 0 spiro atoms. The van der Waals surface area contributed by atoms with E-state index in [1.54, 1.807) is 0 Å². The quantitative estimate of drug-likeness (QED) is 0.552. The predicted molar refractivity (Wildman–Crippen MR) is 59.4 cm³/mol. The average molecular weight is 230 g/mol. The Morgan fingerprint density at radius 1 is 1.33 bits per heavy atom. The molecule has 0 N–H and O–H groups in total. The molecule has 1 rings (SSSR count). The first kappa shape index (κ1) is 11.8. The second-order valence-corrected chi connectivity index (χ2v) is 4.05. The molecular weight excluding hydrogens is 216 g/mol. The van der Waals surface area contributed by atoms with Gasteiger partial charge in [-0.2, -0.15) is 0 Å². The Balaban J connectivity index is 2.76. The van der Waals surface area contributed by atoms with Crippen LogP contribution >= 0.6 is 11.3 Å². The van der Waals surface area contributed by atoms with Crippen molar-refractivity contribution in [3.8, 4) is 0 Å². The molecule has 0 saturated heterocycles. The maximum Gasteiger partial charge on any atom is 0.452 e. The fourth-order valence-electron chi connectivity index (χ4n) is 1.25. The fourth-order valence-corrected chi connectivity index (χ4v) is 1.97. The molecule has 0 aliphatic rings. The first-order chi connectivity index (χ1) is 7.19. The third-order valence-electron chi connectivity index (χ3n) is 1.82. The van der Waals surface area contributed by atoms with E-state index in [0.717, 1.165) is 37.3 Å². The van der Waals surface area contributed by atoms with Gasteiger partial charge in [0.1, 0.15) is 0 Å². The lowest BCUT2D eigenvalue weighted by molar-refractivity contribution is -0.385. The zero-order valence-electron chi connectivity index (χ0n) is 8.84. The largest absolute Gasteiger partial charge is 0.452 e. The van der Waals surface area contributed by atoms with Crippen molar-refractivity contribution in [3.63, 3.8) is 0 Å². The first-order valence-corrected chi connectivity index (χ1v) is 5.73. The highest BCUT2D eigenvalue weighted by Crippen LogP contribution is 2.25. The van der Waals surface area contributed by atoms with Crippen LogP contribution in [0.4, 0.5) is 10.3 Å². The zero-order valence-corrected chi connectivity index (χ0v) is 9.66. The van der Waals surface area contributed by atoms with E-state index in [1.807, 2.05) is 4.90 Å². The highest BCUT2D eigenvalue weighted by atomic mass is 32.1. The third-order valence-corrected chi connectivity index (χ3v) is 2.75. The topological polar surface area (TPSA) is 72.2 Å². The minimum Gasteiger partial charge on any atom is -0.357 e. The third kappa shape index (κ3) is 3.12. The van der Waals surface area contributed by atoms with E-state index in [9.17, 15) is 10.1 Å². The molecule has 1 aromatic rings. The van der Waals surface area contributed by atoms with Gasteiger partial charge in [-0.1, -0.05) is 13.8 Å². The second kappa shape index (κ2) is 5.59. The summed E-state index contributed by atoms with van der Waals surface area (Å²) < 4.78 is 0. The first-order valence-electron chi connectivity index (χ1n) is 4.91. The summed E-state index contributed by atoms with van der Waals surface area (Å²) in [5.41, 5.74) is 0. The highest BCUT2D eigenvalue weighted by Gasteiger charge is 2.18. The molecule has 0 saturated carbocycles. The molecule has 0 amide bonds. The maximum atomic E-state index is 10.4. The Labute approximate surface area is 92.1 Å². The molecule has 0 atom stereocenters. The van der Waals surface area contributed by atoms with Gasteiger partial charge >= 0.3 is 5.13 Å². The Hall–Kier alpha value is -1.24. The normalized spacial score (nSPS) is 10.3. The van der Waals surface area contributed by atoms with E-state index in [-0.39, 0.29) is 5.13 Å². The summed E-state index contributed by atoms with van der Waals surface area (Å²) in [4.78, 5) is 12.0. The van der Waals surface area contributed by atoms with Crippen molar-refractivity contribution in [1.82, 2.24) is 10.2 Å². The van der Waals surface area contributed by atoms with Crippen LogP contribution in [0.15, 0.2) is 0 Å². The Morgan fingerprint density at radius 3 is 2.33 bits per heavy atom. The summed E-state index contributed by atoms with van der Waals surface area (Å²) in [6.07, 6.45) is 1.99. The Kier molecular flexibility index (Phi) is 4.41. The van der Waals surface area contributed by atoms with Gasteiger partial charge in [0, 0.05) is 24.4 Å². The molecule has 6 nitrogen and oxygen atoms in total. The summed E-state index contributed by atoms with van der Waals surface area (Å²) >= 11 is 1.03. The number of anilines is 1. The van der Waals surface area contributed by atoms with Crippen LogP contribution < -0.4 is 4.90 Å². The number of hydrogen-bond donors (Lipinski definition) is 0. The summed E-state index contributed by atoms with van der Waals surface area (Å²) in [6.45, 7) is 5.86. The molecule has 84 valence electrons. The van der Waals surface area contributed by atoms with Crippen LogP contribution in [-0.2, 0) is 0 Å². The predicted octanol–water partition coefficient (Wildman–Crippen LogP) is 2.07. The molecular formula is C8H14N4O2S. The van der Waals surface area contributed by atoms with E-state index in [0.29, 0.717) is 5.13 Å². The van der Waals surface area contributed by atoms with E-state index in [2.05, 4.69) is 24.0 Å². The molecule has 0 bridgehead atoms. The summed E-state index contributed by atoms with van der Waals surface area (Å²) in [5, 5.41) is 18.3. The van der Waals surface area contributed by atoms with Gasteiger partial charge in [0.25, 0.3) is 0 Å². The van der Waals surface area contributed by atoms with Crippen LogP contribution in [0.5, 0.6) is 0 Å². The lowest BCUT2D eigenvalue weighted by Crippen LogP contribution is -2.24. The lowest BCUT2D eigenvalue weighted by atomic mass is 10.4. The van der Waals surface area contributed by atoms with Gasteiger partial charge in [-0.25, -0.2) is 0 Å². The molecule has 1 aromatic heterocycles. The molecule has 0 fully saturated rings. The number of nitro groups is 1. The molecule has 15 heavy (non-hydrogen) atoms. The molecule has 0 unspecified atom stereocenters. The standard InChI is InChI=1S/C8H14N4O2S/c1-3-5-11(6-4-2)7-9-10-8(15-7)12(13)14/h3-6H2,1-2H3. The van der Waals surface area contributed by atoms with Crippen LogP contribution in [0.1, 0.15) is 26.7 Å². The smallest absolute Gasteiger partial charge is 0.357 e. The molecule has 0 aliphatic heterocycles. The van der Waals surface area contributed by atoms with Crippen molar-refractivity contribution in [2.75, 3.05) is 18.0 Å². The lowest BCUT2D eigenvalue weighted by Gasteiger charge is -2.18. The van der Waals surface area contributed by atoms with Crippen molar-refractivity contribution in [2.45, 2.75) is 26.7 Å². The fraction of sp³-hybridized carbons (Fsp3) is 0.750. The number of nitrogens with zero attached hydrogens (tertiary/aromatic N) is 4. The molecule has 7 heteroatoms. The SMILES string of the molecule is CCCN(CCC)c1nnc([N+](=O)[O-])s1. The van der Waals surface area contributed by atoms with Gasteiger partial charge in [-0.3, -0.25) is 0 Å². The van der Waals surface area contributed by atoms with Crippen molar-refractivity contribution >= 4 is 21.6 Å². The zero-order chi connectivity index (χ0) is 11.3. The summed E-state index contributed by atoms with van der Waals surface area (Å²) in [5.74, 6) is 0. The van der Waals surface area contributed by atoms with Gasteiger partial charge in [-0.15, -0.1) is 0 Å². The molecule has 0 radical (unpaired) electrons. The highest BCUT2D eigenvalue weighted by molar-refractivity contribution is 7.18. The number of aromatic nitrogens is 2. The van der Waals surface area contributed by atoms with Crippen LogP contribution in [0.3, 0.4) is 0 Å². The monoisotopic (exact) mass is 230 g/mol. The van der Waals surface area contributed by atoms with Crippen molar-refractivity contribution in [3.05, 3.63) is 10.1 Å². The van der Waals surface area contributed by atoms with Gasteiger partial charge < -0.3 is 15.0 Å². The average Bonchev–Trinajstić information content (AvgIpc) is 2.66. The van der Waals surface area contributed by atoms with Crippen LogP contribution in [-0.4, -0.2) is 28.2 Å². The summed E-state index contributed by atoms with van der Waals surface area (Å²) in [6, 6.07) is 0. The van der Waals surface area contributed by atoms with E-state index < -0.39 is 4.92 Å². The Morgan fingerprint density at radius 2 is 1.93 bits per heavy atom. The van der Waals surface area contributed by atoms with Crippen molar-refractivity contribution < 1.29 is 4.92 Å². The number of hydrogen-bond acceptors (Lipinski definition) is 6. The Bertz CT molecular complexity index is 322. The number of rotatable bonds is 6. The van der Waals surface area contributed by atoms with Gasteiger partial charge in [0.2, 0.25) is 5.13 Å². The van der Waals surface area contributed by atoms with Crippen molar-refractivity contribution in [1.29, 1.82) is 0 Å². The van der Waals surface area contributed by atoms with E-state index >= 15 is 0 Å². The van der Waals surface area contributed by atoms with Crippen LogP contribution in [0.25, 0.3) is 0 Å². The molecule has 0 aliphatic carbocycles. The molecule has 1 heterocycles. The second-order valence-electron chi connectivity index (χ2n) is 3.11. The summed E-state index contributed by atoms with van der Waals surface area (Å²) in [7, 11) is 0. The van der Waals surface area contributed by atoms with E-state index in [4.69, 9.17) is 0 Å². The van der Waals surface area contributed by atoms with Crippen molar-refractivity contribution in [2.24, 2.45) is 0 Å². The maximum absolute atomic E-state index is 10.4. The molecule has 0 aromatic carbocycles. The minimum atomic E-state index is -0.503. The van der Waals surface area contributed by atoms with Crippen LogP contribution in [0, 0.1) is 10.1 Å². The van der Waals surface area contributed by atoms with Gasteiger partial charge in [-0.05, 0) is 22.9 Å². The van der Waals surface area contributed by atoms with E-state index in [1.165, 1.54) is 0 Å². The van der Waals surface area contributed by atoms with Gasteiger partial charge in [0.05, 0.1) is 5.10 Å². The minimum absolute atomic E-state index is 0.137.